The predicted octanol–water partition coefficient (Wildman–Crippen LogP) is 1.61. The van der Waals surface area contributed by atoms with Gasteiger partial charge in [-0.25, -0.2) is 0 Å². The average Bonchev–Trinajstić information content (AvgIpc) is 2.72. The highest BCUT2D eigenvalue weighted by Gasteiger charge is 2.31. The molecule has 1 fully saturated rings. The van der Waals surface area contributed by atoms with Crippen molar-refractivity contribution in [2.75, 3.05) is 6.54 Å². The topological polar surface area (TPSA) is 49.3 Å². The van der Waals surface area contributed by atoms with Crippen LogP contribution in [0.4, 0.5) is 0 Å². The average molecular weight is 205 g/mol. The minimum absolute atomic E-state index is 0.0879. The number of carboxylic acids is 1. The summed E-state index contributed by atoms with van der Waals surface area (Å²) in [6, 6.07) is 9.55. The Balaban J connectivity index is 2.23. The molecule has 0 spiro atoms. The van der Waals surface area contributed by atoms with Crippen LogP contribution in [0.25, 0.3) is 0 Å². The molecule has 80 valence electrons. The fourth-order valence-corrected chi connectivity index (χ4v) is 2.20. The Hall–Kier alpha value is -1.35. The minimum atomic E-state index is -0.736. The number of hydrogen-bond acceptors (Lipinski definition) is 2. The van der Waals surface area contributed by atoms with E-state index in [0.29, 0.717) is 0 Å². The quantitative estimate of drug-likeness (QED) is 0.788. The van der Waals surface area contributed by atoms with E-state index >= 15 is 0 Å². The molecule has 0 saturated carbocycles. The summed E-state index contributed by atoms with van der Waals surface area (Å²) in [5.41, 5.74) is 0.893. The Morgan fingerprint density at radius 1 is 1.40 bits per heavy atom. The zero-order chi connectivity index (χ0) is 10.7. The van der Waals surface area contributed by atoms with Crippen molar-refractivity contribution >= 4 is 5.97 Å². The second-order valence-electron chi connectivity index (χ2n) is 3.93. The lowest BCUT2D eigenvalue weighted by Gasteiger charge is -2.19. The molecule has 2 N–H and O–H groups in total. The maximum atomic E-state index is 11.2. The van der Waals surface area contributed by atoms with E-state index in [1.165, 1.54) is 0 Å². The van der Waals surface area contributed by atoms with Crippen LogP contribution < -0.4 is 5.32 Å². The first-order valence-corrected chi connectivity index (χ1v) is 5.30. The third-order valence-electron chi connectivity index (χ3n) is 2.93. The zero-order valence-electron chi connectivity index (χ0n) is 8.52. The Morgan fingerprint density at radius 3 is 2.67 bits per heavy atom. The first-order valence-electron chi connectivity index (χ1n) is 5.30. The van der Waals surface area contributed by atoms with Gasteiger partial charge in [-0.1, -0.05) is 30.3 Å². The highest BCUT2D eigenvalue weighted by Crippen LogP contribution is 2.25. The Morgan fingerprint density at radius 2 is 2.13 bits per heavy atom. The highest BCUT2D eigenvalue weighted by atomic mass is 16.4. The normalized spacial score (nSPS) is 22.5. The Kier molecular flexibility index (Phi) is 3.02. The minimum Gasteiger partial charge on any atom is -0.481 e. The summed E-state index contributed by atoms with van der Waals surface area (Å²) in [6.45, 7) is 0.932. The number of carboxylic acid groups (broad SMARTS) is 1. The van der Waals surface area contributed by atoms with Crippen molar-refractivity contribution < 1.29 is 9.90 Å². The first kappa shape index (κ1) is 10.2. The molecule has 0 aromatic heterocycles. The van der Waals surface area contributed by atoms with E-state index in [1.54, 1.807) is 0 Å². The highest BCUT2D eigenvalue weighted by molar-refractivity contribution is 5.77. The predicted molar refractivity (Wildman–Crippen MR) is 57.8 cm³/mol. The van der Waals surface area contributed by atoms with E-state index in [1.807, 2.05) is 30.3 Å². The van der Waals surface area contributed by atoms with Crippen LogP contribution in [0.2, 0.25) is 0 Å². The van der Waals surface area contributed by atoms with Gasteiger partial charge in [0, 0.05) is 6.04 Å². The van der Waals surface area contributed by atoms with Crippen molar-refractivity contribution in [1.82, 2.24) is 5.32 Å². The molecular weight excluding hydrogens is 190 g/mol. The van der Waals surface area contributed by atoms with Gasteiger partial charge in [0.2, 0.25) is 0 Å². The number of aliphatic carboxylic acids is 1. The van der Waals surface area contributed by atoms with Crippen molar-refractivity contribution in [3.8, 4) is 0 Å². The summed E-state index contributed by atoms with van der Waals surface area (Å²) in [6.07, 6.45) is 2.02. The van der Waals surface area contributed by atoms with Crippen LogP contribution in [0, 0.1) is 0 Å². The largest absolute Gasteiger partial charge is 0.481 e. The third kappa shape index (κ3) is 2.18. The van der Waals surface area contributed by atoms with Crippen molar-refractivity contribution in [1.29, 1.82) is 0 Å². The molecule has 1 aromatic rings. The van der Waals surface area contributed by atoms with Gasteiger partial charge in [-0.3, -0.25) is 4.79 Å². The fourth-order valence-electron chi connectivity index (χ4n) is 2.20. The molecule has 0 radical (unpaired) electrons. The number of benzene rings is 1. The maximum Gasteiger partial charge on any atom is 0.312 e. The van der Waals surface area contributed by atoms with E-state index in [4.69, 9.17) is 0 Å². The van der Waals surface area contributed by atoms with Crippen LogP contribution in [-0.2, 0) is 4.79 Å². The van der Waals surface area contributed by atoms with E-state index in [0.717, 1.165) is 24.9 Å². The second kappa shape index (κ2) is 4.45. The van der Waals surface area contributed by atoms with Gasteiger partial charge >= 0.3 is 5.97 Å². The van der Waals surface area contributed by atoms with E-state index < -0.39 is 11.9 Å². The molecule has 2 atom stereocenters. The van der Waals surface area contributed by atoms with E-state index in [9.17, 15) is 9.90 Å². The molecule has 3 heteroatoms. The van der Waals surface area contributed by atoms with Crippen LogP contribution >= 0.6 is 0 Å². The smallest absolute Gasteiger partial charge is 0.312 e. The molecule has 0 amide bonds. The van der Waals surface area contributed by atoms with E-state index in [2.05, 4.69) is 5.32 Å². The molecule has 1 heterocycles. The van der Waals surface area contributed by atoms with Gasteiger partial charge in [-0.05, 0) is 24.9 Å². The SMILES string of the molecule is O=C(O)C(c1ccccc1)C1CCCN1. The van der Waals surface area contributed by atoms with Crippen molar-refractivity contribution in [3.05, 3.63) is 35.9 Å². The lowest BCUT2D eigenvalue weighted by molar-refractivity contribution is -0.139. The number of carbonyl (C=O) groups is 1. The van der Waals surface area contributed by atoms with Gasteiger partial charge in [0.05, 0.1) is 5.92 Å². The summed E-state index contributed by atoms with van der Waals surface area (Å²) in [7, 11) is 0. The summed E-state index contributed by atoms with van der Waals surface area (Å²) in [5.74, 6) is -1.14. The van der Waals surface area contributed by atoms with Crippen molar-refractivity contribution in [2.45, 2.75) is 24.8 Å². The second-order valence-corrected chi connectivity index (χ2v) is 3.93. The first-order chi connectivity index (χ1) is 7.29. The summed E-state index contributed by atoms with van der Waals surface area (Å²) >= 11 is 0. The fraction of sp³-hybridized carbons (Fsp3) is 0.417. The van der Waals surface area contributed by atoms with Crippen LogP contribution in [0.5, 0.6) is 0 Å². The lowest BCUT2D eigenvalue weighted by Crippen LogP contribution is -2.33. The number of hydrogen-bond donors (Lipinski definition) is 2. The molecule has 0 bridgehead atoms. The van der Waals surface area contributed by atoms with Gasteiger partial charge in [0.1, 0.15) is 0 Å². The van der Waals surface area contributed by atoms with Crippen LogP contribution in [0.15, 0.2) is 30.3 Å². The molecule has 3 nitrogen and oxygen atoms in total. The van der Waals surface area contributed by atoms with Crippen LogP contribution in [-0.4, -0.2) is 23.7 Å². The standard InChI is InChI=1S/C12H15NO2/c14-12(15)11(10-7-4-8-13-10)9-5-2-1-3-6-9/h1-3,5-6,10-11,13H,4,7-8H2,(H,14,15). The maximum absolute atomic E-state index is 11.2. The summed E-state index contributed by atoms with van der Waals surface area (Å²) < 4.78 is 0. The Bertz CT molecular complexity index is 331. The van der Waals surface area contributed by atoms with E-state index in [-0.39, 0.29) is 6.04 Å². The molecule has 1 aromatic carbocycles. The van der Waals surface area contributed by atoms with Gasteiger partial charge < -0.3 is 10.4 Å². The monoisotopic (exact) mass is 205 g/mol. The molecule has 0 aliphatic carbocycles. The Labute approximate surface area is 89.1 Å². The summed E-state index contributed by atoms with van der Waals surface area (Å²) in [4.78, 5) is 11.2. The van der Waals surface area contributed by atoms with Crippen LogP contribution in [0.3, 0.4) is 0 Å². The molecule has 1 saturated heterocycles. The molecular formula is C12H15NO2. The molecule has 2 rings (SSSR count). The lowest BCUT2D eigenvalue weighted by atomic mass is 9.91. The molecule has 15 heavy (non-hydrogen) atoms. The molecule has 1 aliphatic rings. The van der Waals surface area contributed by atoms with Crippen molar-refractivity contribution in [2.24, 2.45) is 0 Å². The summed E-state index contributed by atoms with van der Waals surface area (Å²) in [5, 5.41) is 12.5. The van der Waals surface area contributed by atoms with Gasteiger partial charge in [-0.15, -0.1) is 0 Å². The number of rotatable bonds is 3. The van der Waals surface area contributed by atoms with Gasteiger partial charge in [0.15, 0.2) is 0 Å². The van der Waals surface area contributed by atoms with Gasteiger partial charge in [-0.2, -0.15) is 0 Å². The zero-order valence-corrected chi connectivity index (χ0v) is 8.52. The van der Waals surface area contributed by atoms with Crippen molar-refractivity contribution in [3.63, 3.8) is 0 Å². The number of nitrogens with one attached hydrogen (secondary N) is 1. The molecule has 2 unspecified atom stereocenters. The molecule has 1 aliphatic heterocycles. The van der Waals surface area contributed by atoms with Crippen LogP contribution in [0.1, 0.15) is 24.3 Å². The van der Waals surface area contributed by atoms with Gasteiger partial charge in [0.25, 0.3) is 0 Å². The third-order valence-corrected chi connectivity index (χ3v) is 2.93.